The molecular formula is C14H20BrN3O2. The van der Waals surface area contributed by atoms with E-state index in [9.17, 15) is 5.11 Å². The zero-order chi connectivity index (χ0) is 14.8. The maximum atomic E-state index is 10.2. The molecule has 1 unspecified atom stereocenters. The summed E-state index contributed by atoms with van der Waals surface area (Å²) in [6.07, 6.45) is 2.40. The molecule has 6 heteroatoms. The van der Waals surface area contributed by atoms with Crippen molar-refractivity contribution in [2.24, 2.45) is 10.9 Å². The number of amidine groups is 1. The molecule has 0 spiro atoms. The average molecular weight is 342 g/mol. The van der Waals surface area contributed by atoms with Crippen LogP contribution in [0.3, 0.4) is 0 Å². The van der Waals surface area contributed by atoms with Crippen LogP contribution in [0.4, 0.5) is 5.69 Å². The van der Waals surface area contributed by atoms with Crippen molar-refractivity contribution >= 4 is 27.5 Å². The summed E-state index contributed by atoms with van der Waals surface area (Å²) >= 11 is 3.45. The van der Waals surface area contributed by atoms with Crippen molar-refractivity contribution in [3.63, 3.8) is 0 Å². The number of benzene rings is 1. The molecule has 20 heavy (non-hydrogen) atoms. The van der Waals surface area contributed by atoms with Gasteiger partial charge < -0.3 is 20.9 Å². The molecule has 1 atom stereocenters. The normalized spacial score (nSPS) is 24.6. The Hall–Kier alpha value is -1.27. The first-order valence-corrected chi connectivity index (χ1v) is 7.48. The highest BCUT2D eigenvalue weighted by Gasteiger charge is 2.26. The molecule has 0 bridgehead atoms. The van der Waals surface area contributed by atoms with Crippen LogP contribution < -0.4 is 10.6 Å². The van der Waals surface area contributed by atoms with Crippen LogP contribution in [-0.2, 0) is 0 Å². The Morgan fingerprint density at radius 1 is 1.40 bits per heavy atom. The largest absolute Gasteiger partial charge is 0.409 e. The predicted molar refractivity (Wildman–Crippen MR) is 83.3 cm³/mol. The van der Waals surface area contributed by atoms with Crippen LogP contribution in [0.1, 0.15) is 31.7 Å². The molecule has 0 saturated carbocycles. The summed E-state index contributed by atoms with van der Waals surface area (Å²) < 4.78 is 0.793. The van der Waals surface area contributed by atoms with E-state index in [-0.39, 0.29) is 5.84 Å². The lowest BCUT2D eigenvalue weighted by Gasteiger charge is -2.26. The third-order valence-corrected chi connectivity index (χ3v) is 4.42. The van der Waals surface area contributed by atoms with Crippen LogP contribution >= 0.6 is 15.9 Å². The van der Waals surface area contributed by atoms with Gasteiger partial charge in [0.2, 0.25) is 0 Å². The van der Waals surface area contributed by atoms with Gasteiger partial charge in [0.1, 0.15) is 0 Å². The van der Waals surface area contributed by atoms with Crippen molar-refractivity contribution in [1.29, 1.82) is 0 Å². The Bertz CT molecular complexity index is 517. The number of nitrogens with two attached hydrogens (primary N) is 1. The quantitative estimate of drug-likeness (QED) is 0.333. The number of halogens is 1. The molecule has 1 aromatic carbocycles. The summed E-state index contributed by atoms with van der Waals surface area (Å²) in [6.45, 7) is 3.47. The van der Waals surface area contributed by atoms with E-state index in [1.54, 1.807) is 0 Å². The molecular weight excluding hydrogens is 322 g/mol. The maximum absolute atomic E-state index is 10.2. The van der Waals surface area contributed by atoms with E-state index in [0.717, 1.165) is 36.1 Å². The smallest absolute Gasteiger partial charge is 0.173 e. The van der Waals surface area contributed by atoms with Crippen LogP contribution in [0.15, 0.2) is 27.8 Å². The molecule has 1 aliphatic rings. The van der Waals surface area contributed by atoms with E-state index < -0.39 is 5.60 Å². The van der Waals surface area contributed by atoms with E-state index in [2.05, 4.69) is 26.0 Å². The minimum atomic E-state index is -0.614. The third-order valence-electron chi connectivity index (χ3n) is 3.76. The van der Waals surface area contributed by atoms with E-state index in [0.29, 0.717) is 12.0 Å². The van der Waals surface area contributed by atoms with Gasteiger partial charge in [-0.2, -0.15) is 0 Å². The van der Waals surface area contributed by atoms with E-state index in [1.807, 2.05) is 25.1 Å². The second-order valence-corrected chi connectivity index (χ2v) is 6.31. The monoisotopic (exact) mass is 341 g/mol. The molecule has 2 rings (SSSR count). The second-order valence-electron chi connectivity index (χ2n) is 5.46. The van der Waals surface area contributed by atoms with Crippen molar-refractivity contribution < 1.29 is 10.3 Å². The van der Waals surface area contributed by atoms with Gasteiger partial charge in [-0.3, -0.25) is 0 Å². The summed E-state index contributed by atoms with van der Waals surface area (Å²) in [6, 6.07) is 5.75. The van der Waals surface area contributed by atoms with Crippen molar-refractivity contribution in [2.75, 3.05) is 18.0 Å². The molecule has 4 N–H and O–H groups in total. The van der Waals surface area contributed by atoms with Crippen LogP contribution in [0.2, 0.25) is 0 Å². The number of rotatable bonds is 2. The van der Waals surface area contributed by atoms with Gasteiger partial charge in [-0.25, -0.2) is 0 Å². The Kier molecular flexibility index (Phi) is 4.55. The molecule has 1 heterocycles. The van der Waals surface area contributed by atoms with Crippen LogP contribution in [0.25, 0.3) is 0 Å². The standard InChI is InChI=1S/C14H20BrN3O2/c1-14(19)6-3-8-18(9-7-14)11-5-2-4-10(15)12(11)13(16)17-20/h2,4-5,19-20H,3,6-9H2,1H3,(H2,16,17). The fourth-order valence-electron chi connectivity index (χ4n) is 2.58. The fraction of sp³-hybridized carbons (Fsp3) is 0.500. The second kappa shape index (κ2) is 6.01. The lowest BCUT2D eigenvalue weighted by molar-refractivity contribution is 0.0481. The van der Waals surface area contributed by atoms with Gasteiger partial charge >= 0.3 is 0 Å². The third kappa shape index (κ3) is 3.24. The maximum Gasteiger partial charge on any atom is 0.173 e. The molecule has 0 aromatic heterocycles. The summed E-state index contributed by atoms with van der Waals surface area (Å²) in [5.74, 6) is 0.0866. The number of oxime groups is 1. The minimum Gasteiger partial charge on any atom is -0.409 e. The van der Waals surface area contributed by atoms with Crippen molar-refractivity contribution in [3.8, 4) is 0 Å². The Morgan fingerprint density at radius 2 is 2.15 bits per heavy atom. The topological polar surface area (TPSA) is 82.1 Å². The lowest BCUT2D eigenvalue weighted by atomic mass is 9.98. The summed E-state index contributed by atoms with van der Waals surface area (Å²) in [4.78, 5) is 2.18. The molecule has 1 saturated heterocycles. The van der Waals surface area contributed by atoms with Gasteiger partial charge in [-0.15, -0.1) is 0 Å². The molecule has 1 aromatic rings. The van der Waals surface area contributed by atoms with Crippen molar-refractivity contribution in [1.82, 2.24) is 0 Å². The number of aliphatic hydroxyl groups is 1. The summed E-state index contributed by atoms with van der Waals surface area (Å²) in [7, 11) is 0. The SMILES string of the molecule is CC1(O)CCCN(c2cccc(Br)c2/C(N)=N/O)CC1. The van der Waals surface area contributed by atoms with Gasteiger partial charge in [0, 0.05) is 23.2 Å². The van der Waals surface area contributed by atoms with Gasteiger partial charge in [0.05, 0.1) is 11.2 Å². The Labute approximate surface area is 127 Å². The molecule has 0 amide bonds. The van der Waals surface area contributed by atoms with Crippen LogP contribution in [-0.4, -0.2) is 34.8 Å². The molecule has 5 nitrogen and oxygen atoms in total. The fourth-order valence-corrected chi connectivity index (χ4v) is 3.14. The van der Waals surface area contributed by atoms with E-state index in [4.69, 9.17) is 10.9 Å². The van der Waals surface area contributed by atoms with E-state index >= 15 is 0 Å². The van der Waals surface area contributed by atoms with Crippen molar-refractivity contribution in [3.05, 3.63) is 28.2 Å². The first-order valence-electron chi connectivity index (χ1n) is 6.68. The molecule has 1 fully saturated rings. The van der Waals surface area contributed by atoms with Crippen molar-refractivity contribution in [2.45, 2.75) is 31.8 Å². The highest BCUT2D eigenvalue weighted by molar-refractivity contribution is 9.10. The highest BCUT2D eigenvalue weighted by Crippen LogP contribution is 2.31. The number of nitrogens with zero attached hydrogens (tertiary/aromatic N) is 2. The molecule has 0 aliphatic carbocycles. The predicted octanol–water partition coefficient (Wildman–Crippen LogP) is 2.28. The Balaban J connectivity index is 2.35. The Morgan fingerprint density at radius 3 is 2.85 bits per heavy atom. The minimum absolute atomic E-state index is 0.0866. The van der Waals surface area contributed by atoms with Gasteiger partial charge in [-0.1, -0.05) is 11.2 Å². The highest BCUT2D eigenvalue weighted by atomic mass is 79.9. The number of anilines is 1. The van der Waals surface area contributed by atoms with Gasteiger partial charge in [-0.05, 0) is 54.2 Å². The molecule has 0 radical (unpaired) electrons. The number of hydrogen-bond donors (Lipinski definition) is 3. The zero-order valence-corrected chi connectivity index (χ0v) is 13.1. The van der Waals surface area contributed by atoms with Gasteiger partial charge in [0.15, 0.2) is 5.84 Å². The lowest BCUT2D eigenvalue weighted by Crippen LogP contribution is -2.30. The molecule has 110 valence electrons. The first-order chi connectivity index (χ1) is 9.44. The van der Waals surface area contributed by atoms with Gasteiger partial charge in [0.25, 0.3) is 0 Å². The van der Waals surface area contributed by atoms with Crippen LogP contribution in [0, 0.1) is 0 Å². The number of hydrogen-bond acceptors (Lipinski definition) is 4. The first kappa shape index (κ1) is 15.1. The van der Waals surface area contributed by atoms with Crippen LogP contribution in [0.5, 0.6) is 0 Å². The molecule has 1 aliphatic heterocycles. The average Bonchev–Trinajstić information content (AvgIpc) is 2.58. The van der Waals surface area contributed by atoms with E-state index in [1.165, 1.54) is 0 Å². The zero-order valence-electron chi connectivity index (χ0n) is 11.5. The summed E-state index contributed by atoms with van der Waals surface area (Å²) in [5.41, 5.74) is 6.79. The summed E-state index contributed by atoms with van der Waals surface area (Å²) in [5, 5.41) is 22.2.